The average Bonchev–Trinajstić information content (AvgIpc) is 2.52. The molecule has 0 amide bonds. The number of hydrogen-bond donors (Lipinski definition) is 2. The monoisotopic (exact) mass is 279 g/mol. The number of phenolic OH excluding ortho intramolecular Hbond substituents is 1. The molecule has 1 heterocycles. The van der Waals surface area contributed by atoms with Gasteiger partial charge in [-0.2, -0.15) is 0 Å². The van der Waals surface area contributed by atoms with Crippen LogP contribution >= 0.6 is 0 Å². The largest absolute Gasteiger partial charge is 0.508 e. The summed E-state index contributed by atoms with van der Waals surface area (Å²) in [7, 11) is 1.94. The summed E-state index contributed by atoms with van der Waals surface area (Å²) < 4.78 is 0. The Labute approximate surface area is 123 Å². The van der Waals surface area contributed by atoms with Gasteiger partial charge in [0.05, 0.1) is 11.0 Å². The van der Waals surface area contributed by atoms with E-state index in [2.05, 4.69) is 27.4 Å². The van der Waals surface area contributed by atoms with Crippen molar-refractivity contribution in [1.29, 1.82) is 0 Å². The number of hydrogen-bond acceptors (Lipinski definition) is 4. The molecule has 4 heteroatoms. The molecule has 2 N–H and O–H groups in total. The van der Waals surface area contributed by atoms with Crippen molar-refractivity contribution in [2.45, 2.75) is 12.5 Å². The SMILES string of the molecule is CNC(Cc1cccc(O)c1)c1ccc2nccnc2c1. The Hall–Kier alpha value is -2.46. The van der Waals surface area contributed by atoms with Crippen LogP contribution < -0.4 is 5.32 Å². The third kappa shape index (κ3) is 3.01. The van der Waals surface area contributed by atoms with E-state index in [0.717, 1.165) is 28.6 Å². The molecule has 106 valence electrons. The normalized spacial score (nSPS) is 12.4. The molecule has 1 atom stereocenters. The molecule has 1 unspecified atom stereocenters. The molecule has 0 spiro atoms. The zero-order chi connectivity index (χ0) is 14.7. The summed E-state index contributed by atoms with van der Waals surface area (Å²) in [6.45, 7) is 0. The van der Waals surface area contributed by atoms with E-state index in [1.54, 1.807) is 24.5 Å². The quantitative estimate of drug-likeness (QED) is 0.771. The maximum Gasteiger partial charge on any atom is 0.115 e. The second-order valence-electron chi connectivity index (χ2n) is 5.02. The van der Waals surface area contributed by atoms with Gasteiger partial charge in [-0.3, -0.25) is 9.97 Å². The Bertz CT molecular complexity index is 758. The second kappa shape index (κ2) is 5.89. The van der Waals surface area contributed by atoms with E-state index in [1.807, 2.05) is 25.2 Å². The number of nitrogens with zero attached hydrogens (tertiary/aromatic N) is 2. The summed E-state index contributed by atoms with van der Waals surface area (Å²) in [5.74, 6) is 0.298. The van der Waals surface area contributed by atoms with E-state index in [0.29, 0.717) is 5.75 Å². The highest BCUT2D eigenvalue weighted by atomic mass is 16.3. The molecule has 0 aliphatic rings. The van der Waals surface area contributed by atoms with Gasteiger partial charge in [-0.05, 0) is 48.9 Å². The van der Waals surface area contributed by atoms with Crippen LogP contribution in [-0.4, -0.2) is 22.1 Å². The van der Waals surface area contributed by atoms with Crippen LogP contribution in [0.4, 0.5) is 0 Å². The topological polar surface area (TPSA) is 58.0 Å². The lowest BCUT2D eigenvalue weighted by Crippen LogP contribution is -2.18. The minimum Gasteiger partial charge on any atom is -0.508 e. The lowest BCUT2D eigenvalue weighted by molar-refractivity contribution is 0.473. The van der Waals surface area contributed by atoms with Crippen molar-refractivity contribution < 1.29 is 5.11 Å². The summed E-state index contributed by atoms with van der Waals surface area (Å²) in [6.07, 6.45) is 4.21. The van der Waals surface area contributed by atoms with Crippen LogP contribution in [0, 0.1) is 0 Å². The summed E-state index contributed by atoms with van der Waals surface area (Å²) in [4.78, 5) is 8.64. The van der Waals surface area contributed by atoms with Gasteiger partial charge in [-0.25, -0.2) is 0 Å². The molecular weight excluding hydrogens is 262 g/mol. The number of phenols is 1. The van der Waals surface area contributed by atoms with Gasteiger partial charge in [0.15, 0.2) is 0 Å². The van der Waals surface area contributed by atoms with Gasteiger partial charge in [-0.1, -0.05) is 18.2 Å². The van der Waals surface area contributed by atoms with Crippen LogP contribution in [0.1, 0.15) is 17.2 Å². The van der Waals surface area contributed by atoms with E-state index in [9.17, 15) is 5.11 Å². The molecule has 0 saturated carbocycles. The molecule has 0 saturated heterocycles. The van der Waals surface area contributed by atoms with Crippen molar-refractivity contribution in [3.63, 3.8) is 0 Å². The highest BCUT2D eigenvalue weighted by Crippen LogP contribution is 2.22. The number of fused-ring (bicyclic) bond motifs is 1. The molecule has 0 radical (unpaired) electrons. The molecule has 2 aromatic carbocycles. The number of likely N-dealkylation sites (N-methyl/N-ethyl adjacent to an activating group) is 1. The molecule has 0 fully saturated rings. The number of aromatic nitrogens is 2. The number of benzene rings is 2. The predicted octanol–water partition coefficient (Wildman–Crippen LogP) is 2.84. The standard InChI is InChI=1S/C17H17N3O/c1-18-16(10-12-3-2-4-14(21)9-12)13-5-6-15-17(11-13)20-8-7-19-15/h2-9,11,16,18,21H,10H2,1H3. The van der Waals surface area contributed by atoms with Gasteiger partial charge in [0.25, 0.3) is 0 Å². The first-order valence-electron chi connectivity index (χ1n) is 6.92. The van der Waals surface area contributed by atoms with Crippen molar-refractivity contribution in [2.75, 3.05) is 7.05 Å². The zero-order valence-corrected chi connectivity index (χ0v) is 11.8. The van der Waals surface area contributed by atoms with Gasteiger partial charge < -0.3 is 10.4 Å². The smallest absolute Gasteiger partial charge is 0.115 e. The van der Waals surface area contributed by atoms with Gasteiger partial charge in [0.1, 0.15) is 5.75 Å². The van der Waals surface area contributed by atoms with Gasteiger partial charge in [-0.15, -0.1) is 0 Å². The van der Waals surface area contributed by atoms with Crippen LogP contribution in [-0.2, 0) is 6.42 Å². The molecule has 3 rings (SSSR count). The van der Waals surface area contributed by atoms with Crippen LogP contribution in [0.3, 0.4) is 0 Å². The molecule has 1 aromatic heterocycles. The fourth-order valence-corrected chi connectivity index (χ4v) is 2.50. The third-order valence-electron chi connectivity index (χ3n) is 3.59. The Kier molecular flexibility index (Phi) is 3.79. The van der Waals surface area contributed by atoms with Crippen LogP contribution in [0.25, 0.3) is 11.0 Å². The van der Waals surface area contributed by atoms with E-state index >= 15 is 0 Å². The molecule has 21 heavy (non-hydrogen) atoms. The first kappa shape index (κ1) is 13.5. The van der Waals surface area contributed by atoms with Crippen molar-refractivity contribution in [2.24, 2.45) is 0 Å². The van der Waals surface area contributed by atoms with Crippen LogP contribution in [0.15, 0.2) is 54.9 Å². The molecule has 0 bridgehead atoms. The minimum absolute atomic E-state index is 0.165. The van der Waals surface area contributed by atoms with Gasteiger partial charge >= 0.3 is 0 Å². The lowest BCUT2D eigenvalue weighted by Gasteiger charge is -2.17. The second-order valence-corrected chi connectivity index (χ2v) is 5.02. The predicted molar refractivity (Wildman–Crippen MR) is 83.1 cm³/mol. The Balaban J connectivity index is 1.90. The lowest BCUT2D eigenvalue weighted by atomic mass is 9.98. The van der Waals surface area contributed by atoms with E-state index in [-0.39, 0.29) is 6.04 Å². The number of nitrogens with one attached hydrogen (secondary N) is 1. The Morgan fingerprint density at radius 1 is 1.05 bits per heavy atom. The third-order valence-corrected chi connectivity index (χ3v) is 3.59. The number of aromatic hydroxyl groups is 1. The van der Waals surface area contributed by atoms with E-state index < -0.39 is 0 Å². The highest BCUT2D eigenvalue weighted by Gasteiger charge is 2.11. The summed E-state index contributed by atoms with van der Waals surface area (Å²) >= 11 is 0. The van der Waals surface area contributed by atoms with Crippen molar-refractivity contribution in [3.05, 3.63) is 66.0 Å². The van der Waals surface area contributed by atoms with E-state index in [1.165, 1.54) is 0 Å². The Morgan fingerprint density at radius 3 is 2.62 bits per heavy atom. The summed E-state index contributed by atoms with van der Waals surface area (Å²) in [6, 6.07) is 13.7. The highest BCUT2D eigenvalue weighted by molar-refractivity contribution is 5.74. The minimum atomic E-state index is 0.165. The molecule has 0 aliphatic carbocycles. The van der Waals surface area contributed by atoms with Crippen molar-refractivity contribution >= 4 is 11.0 Å². The molecular formula is C17H17N3O. The van der Waals surface area contributed by atoms with Crippen molar-refractivity contribution in [1.82, 2.24) is 15.3 Å². The maximum absolute atomic E-state index is 9.57. The average molecular weight is 279 g/mol. The molecule has 0 aliphatic heterocycles. The van der Waals surface area contributed by atoms with Gasteiger partial charge in [0.2, 0.25) is 0 Å². The first-order chi connectivity index (χ1) is 10.3. The fourth-order valence-electron chi connectivity index (χ4n) is 2.50. The first-order valence-corrected chi connectivity index (χ1v) is 6.92. The molecule has 4 nitrogen and oxygen atoms in total. The number of rotatable bonds is 4. The zero-order valence-electron chi connectivity index (χ0n) is 11.8. The van der Waals surface area contributed by atoms with Crippen LogP contribution in [0.5, 0.6) is 5.75 Å². The maximum atomic E-state index is 9.57. The summed E-state index contributed by atoms with van der Waals surface area (Å²) in [5.41, 5.74) is 4.04. The fraction of sp³-hybridized carbons (Fsp3) is 0.176. The van der Waals surface area contributed by atoms with Gasteiger partial charge in [0, 0.05) is 18.4 Å². The van der Waals surface area contributed by atoms with Crippen molar-refractivity contribution in [3.8, 4) is 5.75 Å². The Morgan fingerprint density at radius 2 is 1.86 bits per heavy atom. The molecule has 3 aromatic rings. The van der Waals surface area contributed by atoms with E-state index in [4.69, 9.17) is 0 Å². The van der Waals surface area contributed by atoms with Crippen LogP contribution in [0.2, 0.25) is 0 Å². The summed E-state index contributed by atoms with van der Waals surface area (Å²) in [5, 5.41) is 12.9.